The van der Waals surface area contributed by atoms with E-state index in [-0.39, 0.29) is 12.1 Å². The SMILES string of the molecule is CCOC(=O)N1Cc2cc(OCC)c(CNC)cc2CC1C. The van der Waals surface area contributed by atoms with Gasteiger partial charge in [-0.05, 0) is 51.4 Å². The van der Waals surface area contributed by atoms with Crippen LogP contribution in [-0.4, -0.2) is 37.3 Å². The highest BCUT2D eigenvalue weighted by Crippen LogP contribution is 2.30. The molecule has 0 bridgehead atoms. The van der Waals surface area contributed by atoms with Crippen molar-refractivity contribution in [1.82, 2.24) is 10.2 Å². The molecule has 122 valence electrons. The fourth-order valence-corrected chi connectivity index (χ4v) is 2.89. The number of carbonyl (C=O) groups is 1. The minimum atomic E-state index is -0.238. The van der Waals surface area contributed by atoms with E-state index >= 15 is 0 Å². The molecule has 1 aromatic carbocycles. The van der Waals surface area contributed by atoms with Crippen molar-refractivity contribution in [1.29, 1.82) is 0 Å². The minimum Gasteiger partial charge on any atom is -0.494 e. The number of hydrogen-bond acceptors (Lipinski definition) is 4. The molecule has 1 heterocycles. The fourth-order valence-electron chi connectivity index (χ4n) is 2.89. The molecule has 1 aliphatic rings. The number of fused-ring (bicyclic) bond motifs is 1. The summed E-state index contributed by atoms with van der Waals surface area (Å²) in [5, 5.41) is 3.18. The van der Waals surface area contributed by atoms with Gasteiger partial charge in [0.2, 0.25) is 0 Å². The Bertz CT molecular complexity index is 531. The minimum absolute atomic E-state index is 0.145. The molecule has 5 heteroatoms. The van der Waals surface area contributed by atoms with Crippen LogP contribution >= 0.6 is 0 Å². The summed E-state index contributed by atoms with van der Waals surface area (Å²) < 4.78 is 10.9. The molecule has 0 saturated heterocycles. The van der Waals surface area contributed by atoms with Crippen LogP contribution in [0.2, 0.25) is 0 Å². The third kappa shape index (κ3) is 3.53. The van der Waals surface area contributed by atoms with Crippen LogP contribution in [0.4, 0.5) is 4.79 Å². The molecule has 2 rings (SSSR count). The maximum absolute atomic E-state index is 12.1. The van der Waals surface area contributed by atoms with Crippen LogP contribution in [0, 0.1) is 0 Å². The number of hydrogen-bond donors (Lipinski definition) is 1. The standard InChI is InChI=1S/C17H26N2O3/c1-5-21-16-9-15-11-19(17(20)22-6-2)12(3)7-13(15)8-14(16)10-18-4/h8-9,12,18H,5-7,10-11H2,1-4H3. The highest BCUT2D eigenvalue weighted by molar-refractivity contribution is 5.68. The highest BCUT2D eigenvalue weighted by Gasteiger charge is 2.28. The van der Waals surface area contributed by atoms with Gasteiger partial charge in [0.25, 0.3) is 0 Å². The normalized spacial score (nSPS) is 17.1. The largest absolute Gasteiger partial charge is 0.494 e. The summed E-state index contributed by atoms with van der Waals surface area (Å²) in [7, 11) is 1.93. The Balaban J connectivity index is 2.29. The van der Waals surface area contributed by atoms with Gasteiger partial charge in [0.15, 0.2) is 0 Å². The molecular weight excluding hydrogens is 280 g/mol. The molecular formula is C17H26N2O3. The Kier molecular flexibility index (Phi) is 5.66. The number of amides is 1. The van der Waals surface area contributed by atoms with Crippen molar-refractivity contribution in [3.8, 4) is 5.75 Å². The maximum atomic E-state index is 12.1. The third-order valence-electron chi connectivity index (χ3n) is 3.94. The van der Waals surface area contributed by atoms with Crippen molar-refractivity contribution in [2.24, 2.45) is 0 Å². The Morgan fingerprint density at radius 2 is 2.09 bits per heavy atom. The molecule has 0 aromatic heterocycles. The van der Waals surface area contributed by atoms with Crippen molar-refractivity contribution in [3.05, 3.63) is 28.8 Å². The van der Waals surface area contributed by atoms with Gasteiger partial charge in [0, 0.05) is 24.7 Å². The number of ether oxygens (including phenoxy) is 2. The molecule has 1 unspecified atom stereocenters. The zero-order valence-corrected chi connectivity index (χ0v) is 13.9. The van der Waals surface area contributed by atoms with Gasteiger partial charge in [0.05, 0.1) is 13.2 Å². The van der Waals surface area contributed by atoms with Crippen LogP contribution in [0.15, 0.2) is 12.1 Å². The van der Waals surface area contributed by atoms with Crippen molar-refractivity contribution in [3.63, 3.8) is 0 Å². The number of benzene rings is 1. The molecule has 1 amide bonds. The highest BCUT2D eigenvalue weighted by atomic mass is 16.6. The van der Waals surface area contributed by atoms with Crippen molar-refractivity contribution >= 4 is 6.09 Å². The van der Waals surface area contributed by atoms with Gasteiger partial charge >= 0.3 is 6.09 Å². The molecule has 0 spiro atoms. The molecule has 1 atom stereocenters. The van der Waals surface area contributed by atoms with E-state index in [0.717, 1.165) is 24.3 Å². The molecule has 0 fully saturated rings. The zero-order chi connectivity index (χ0) is 16.1. The Labute approximate surface area is 132 Å². The summed E-state index contributed by atoms with van der Waals surface area (Å²) in [4.78, 5) is 13.9. The Morgan fingerprint density at radius 3 is 2.73 bits per heavy atom. The van der Waals surface area contributed by atoms with Gasteiger partial charge in [-0.15, -0.1) is 0 Å². The maximum Gasteiger partial charge on any atom is 0.410 e. The second kappa shape index (κ2) is 7.49. The van der Waals surface area contributed by atoms with E-state index in [0.29, 0.717) is 19.8 Å². The molecule has 0 aliphatic carbocycles. The molecule has 5 nitrogen and oxygen atoms in total. The lowest BCUT2D eigenvalue weighted by Crippen LogP contribution is -2.43. The number of carbonyl (C=O) groups excluding carboxylic acids is 1. The van der Waals surface area contributed by atoms with Crippen LogP contribution in [0.3, 0.4) is 0 Å². The van der Waals surface area contributed by atoms with Crippen LogP contribution in [0.25, 0.3) is 0 Å². The van der Waals surface area contributed by atoms with Gasteiger partial charge in [-0.25, -0.2) is 4.79 Å². The second-order valence-electron chi connectivity index (χ2n) is 5.57. The average Bonchev–Trinajstić information content (AvgIpc) is 2.48. The predicted molar refractivity (Wildman–Crippen MR) is 86.1 cm³/mol. The lowest BCUT2D eigenvalue weighted by molar-refractivity contribution is 0.0861. The fraction of sp³-hybridized carbons (Fsp3) is 0.588. The zero-order valence-electron chi connectivity index (χ0n) is 13.9. The van der Waals surface area contributed by atoms with Crippen molar-refractivity contribution in [2.75, 3.05) is 20.3 Å². The molecule has 1 aromatic rings. The first-order valence-corrected chi connectivity index (χ1v) is 7.96. The van der Waals surface area contributed by atoms with Crippen LogP contribution in [0.5, 0.6) is 5.75 Å². The Hall–Kier alpha value is -1.75. The number of nitrogens with zero attached hydrogens (tertiary/aromatic N) is 1. The first-order valence-electron chi connectivity index (χ1n) is 7.96. The van der Waals surface area contributed by atoms with Crippen molar-refractivity contribution in [2.45, 2.75) is 46.3 Å². The second-order valence-corrected chi connectivity index (χ2v) is 5.57. The van der Waals surface area contributed by atoms with E-state index in [4.69, 9.17) is 9.47 Å². The lowest BCUT2D eigenvalue weighted by atomic mass is 9.92. The van der Waals surface area contributed by atoms with Gasteiger partial charge in [-0.2, -0.15) is 0 Å². The van der Waals surface area contributed by atoms with Crippen LogP contribution in [0.1, 0.15) is 37.5 Å². The van der Waals surface area contributed by atoms with E-state index in [1.165, 1.54) is 11.1 Å². The molecule has 22 heavy (non-hydrogen) atoms. The number of rotatable bonds is 5. The smallest absolute Gasteiger partial charge is 0.410 e. The molecule has 1 N–H and O–H groups in total. The quantitative estimate of drug-likeness (QED) is 0.909. The number of nitrogens with one attached hydrogen (secondary N) is 1. The summed E-state index contributed by atoms with van der Waals surface area (Å²) in [6.45, 7) is 8.27. The van der Waals surface area contributed by atoms with E-state index in [1.54, 1.807) is 4.90 Å². The van der Waals surface area contributed by atoms with Gasteiger partial charge in [-0.1, -0.05) is 6.07 Å². The summed E-state index contributed by atoms with van der Waals surface area (Å²) >= 11 is 0. The monoisotopic (exact) mass is 306 g/mol. The summed E-state index contributed by atoms with van der Waals surface area (Å²) in [6, 6.07) is 4.42. The van der Waals surface area contributed by atoms with Gasteiger partial charge in [0.1, 0.15) is 5.75 Å². The van der Waals surface area contributed by atoms with Gasteiger partial charge in [-0.3, -0.25) is 0 Å². The Morgan fingerprint density at radius 1 is 1.32 bits per heavy atom. The summed E-state index contributed by atoms with van der Waals surface area (Å²) in [5.41, 5.74) is 3.61. The molecule has 0 radical (unpaired) electrons. The first kappa shape index (κ1) is 16.6. The third-order valence-corrected chi connectivity index (χ3v) is 3.94. The predicted octanol–water partition coefficient (Wildman–Crippen LogP) is 2.71. The average molecular weight is 306 g/mol. The lowest BCUT2D eigenvalue weighted by Gasteiger charge is -2.34. The molecule has 1 aliphatic heterocycles. The summed E-state index contributed by atoms with van der Waals surface area (Å²) in [5.74, 6) is 0.897. The topological polar surface area (TPSA) is 50.8 Å². The first-order chi connectivity index (χ1) is 10.6. The van der Waals surface area contributed by atoms with E-state index < -0.39 is 0 Å². The van der Waals surface area contributed by atoms with Gasteiger partial charge < -0.3 is 19.7 Å². The van der Waals surface area contributed by atoms with Crippen LogP contribution in [-0.2, 0) is 24.2 Å². The molecule has 0 saturated carbocycles. The van der Waals surface area contributed by atoms with Crippen molar-refractivity contribution < 1.29 is 14.3 Å². The summed E-state index contributed by atoms with van der Waals surface area (Å²) in [6.07, 6.45) is 0.606. The van der Waals surface area contributed by atoms with Crippen LogP contribution < -0.4 is 10.1 Å². The van der Waals surface area contributed by atoms with E-state index in [9.17, 15) is 4.79 Å². The van der Waals surface area contributed by atoms with E-state index in [2.05, 4.69) is 24.4 Å². The van der Waals surface area contributed by atoms with E-state index in [1.807, 2.05) is 20.9 Å².